The molecule has 0 aliphatic carbocycles. The zero-order chi connectivity index (χ0) is 25.1. The zero-order valence-electron chi connectivity index (χ0n) is 20.0. The first kappa shape index (κ1) is 30.1. The van der Waals surface area contributed by atoms with Gasteiger partial charge in [0.05, 0.1) is 12.1 Å². The molecule has 0 heterocycles. The van der Waals surface area contributed by atoms with Gasteiger partial charge in [0.2, 0.25) is 20.0 Å². The highest BCUT2D eigenvalue weighted by Gasteiger charge is 2.25. The van der Waals surface area contributed by atoms with E-state index in [0.29, 0.717) is 25.7 Å². The molecule has 0 amide bonds. The van der Waals surface area contributed by atoms with Gasteiger partial charge in [-0.05, 0) is 37.8 Å². The van der Waals surface area contributed by atoms with Crippen molar-refractivity contribution in [2.75, 3.05) is 13.1 Å². The quantitative estimate of drug-likeness (QED) is 0.243. The predicted molar refractivity (Wildman–Crippen MR) is 133 cm³/mol. The van der Waals surface area contributed by atoms with E-state index in [4.69, 9.17) is 10.5 Å². The highest BCUT2D eigenvalue weighted by molar-refractivity contribution is 7.92. The molecule has 0 saturated carbocycles. The smallest absolute Gasteiger partial charge is 0.211 e. The Bertz CT molecular complexity index is 916. The van der Waals surface area contributed by atoms with Crippen LogP contribution in [0.2, 0.25) is 0 Å². The van der Waals surface area contributed by atoms with E-state index in [1.807, 2.05) is 0 Å². The summed E-state index contributed by atoms with van der Waals surface area (Å²) in [4.78, 5) is -0.479. The van der Waals surface area contributed by atoms with Crippen LogP contribution in [0.25, 0.3) is 0 Å². The number of nitriles is 2. The number of unbranched alkanes of at least 4 members (excludes halogenated alkanes) is 12. The molecule has 10 heteroatoms. The fourth-order valence-electron chi connectivity index (χ4n) is 3.54. The molecule has 0 bridgehead atoms. The third-order valence-electron chi connectivity index (χ3n) is 5.44. The van der Waals surface area contributed by atoms with E-state index in [2.05, 4.69) is 21.6 Å². The fraction of sp³-hybridized carbons (Fsp3) is 0.667. The second kappa shape index (κ2) is 17.5. The maximum Gasteiger partial charge on any atom is 0.241 e. The molecule has 1 rings (SSSR count). The van der Waals surface area contributed by atoms with Crippen molar-refractivity contribution < 1.29 is 16.8 Å². The number of hydrogen-bond acceptors (Lipinski definition) is 6. The summed E-state index contributed by atoms with van der Waals surface area (Å²) in [6, 6.07) is 9.90. The molecule has 0 aliphatic heterocycles. The molecular weight excluding hydrogens is 472 g/mol. The van der Waals surface area contributed by atoms with Gasteiger partial charge in [-0.15, -0.1) is 0 Å². The molecule has 0 atom stereocenters. The lowest BCUT2D eigenvalue weighted by atomic mass is 10.1. The van der Waals surface area contributed by atoms with Gasteiger partial charge in [-0.25, -0.2) is 26.3 Å². The third-order valence-corrected chi connectivity index (χ3v) is 8.61. The van der Waals surface area contributed by atoms with E-state index in [1.165, 1.54) is 24.3 Å². The predicted octanol–water partition coefficient (Wildman–Crippen LogP) is 4.75. The molecule has 0 saturated heterocycles. The highest BCUT2D eigenvalue weighted by atomic mass is 32.2. The van der Waals surface area contributed by atoms with Gasteiger partial charge in [0.25, 0.3) is 0 Å². The number of nitrogens with zero attached hydrogens (tertiary/aromatic N) is 2. The van der Waals surface area contributed by atoms with Gasteiger partial charge in [-0.1, -0.05) is 63.5 Å². The number of rotatable bonds is 20. The van der Waals surface area contributed by atoms with Gasteiger partial charge in [-0.2, -0.15) is 10.5 Å². The molecule has 8 nitrogen and oxygen atoms in total. The molecule has 1 aromatic rings. The Morgan fingerprint density at radius 2 is 0.882 bits per heavy atom. The molecule has 0 aromatic heterocycles. The summed E-state index contributed by atoms with van der Waals surface area (Å²) in [5.74, 6) is 0. The minimum atomic E-state index is -3.96. The molecule has 0 fully saturated rings. The summed E-state index contributed by atoms with van der Waals surface area (Å²) < 4.78 is 56.1. The van der Waals surface area contributed by atoms with Crippen molar-refractivity contribution in [1.29, 1.82) is 10.5 Å². The van der Waals surface area contributed by atoms with Crippen molar-refractivity contribution in [3.8, 4) is 12.1 Å². The Labute approximate surface area is 205 Å². The molecule has 0 spiro atoms. The van der Waals surface area contributed by atoms with E-state index >= 15 is 0 Å². The molecule has 34 heavy (non-hydrogen) atoms. The fourth-order valence-corrected chi connectivity index (χ4v) is 6.51. The number of nitrogens with one attached hydrogen (secondary N) is 2. The van der Waals surface area contributed by atoms with Crippen LogP contribution in [0.4, 0.5) is 0 Å². The minimum absolute atomic E-state index is 0.239. The Morgan fingerprint density at radius 1 is 0.559 bits per heavy atom. The van der Waals surface area contributed by atoms with Crippen molar-refractivity contribution in [2.45, 2.75) is 99.7 Å². The average Bonchev–Trinajstić information content (AvgIpc) is 2.82. The molecule has 1 aromatic carbocycles. The average molecular weight is 511 g/mol. The minimum Gasteiger partial charge on any atom is -0.211 e. The molecule has 2 N–H and O–H groups in total. The van der Waals surface area contributed by atoms with Crippen LogP contribution in [0.5, 0.6) is 0 Å². The second-order valence-electron chi connectivity index (χ2n) is 8.30. The van der Waals surface area contributed by atoms with E-state index in [-0.39, 0.29) is 22.9 Å². The third kappa shape index (κ3) is 12.5. The second-order valence-corrected chi connectivity index (χ2v) is 11.8. The summed E-state index contributed by atoms with van der Waals surface area (Å²) in [5, 5.41) is 17.0. The van der Waals surface area contributed by atoms with Gasteiger partial charge in [-0.3, -0.25) is 0 Å². The molecular formula is C24H38N4O4S2. The van der Waals surface area contributed by atoms with E-state index in [0.717, 1.165) is 64.2 Å². The van der Waals surface area contributed by atoms with Crippen molar-refractivity contribution in [3.05, 3.63) is 24.3 Å². The van der Waals surface area contributed by atoms with E-state index in [9.17, 15) is 16.8 Å². The Morgan fingerprint density at radius 3 is 1.24 bits per heavy atom. The maximum atomic E-state index is 12.8. The number of sulfonamides is 2. The zero-order valence-corrected chi connectivity index (χ0v) is 21.6. The van der Waals surface area contributed by atoms with Crippen molar-refractivity contribution in [3.63, 3.8) is 0 Å². The monoisotopic (exact) mass is 510 g/mol. The van der Waals surface area contributed by atoms with Crippen molar-refractivity contribution in [1.82, 2.24) is 9.44 Å². The van der Waals surface area contributed by atoms with Gasteiger partial charge < -0.3 is 0 Å². The lowest BCUT2D eigenvalue weighted by Gasteiger charge is -2.13. The largest absolute Gasteiger partial charge is 0.241 e. The molecule has 0 aliphatic rings. The molecule has 0 radical (unpaired) electrons. The van der Waals surface area contributed by atoms with Gasteiger partial charge >= 0.3 is 0 Å². The van der Waals surface area contributed by atoms with Crippen LogP contribution >= 0.6 is 0 Å². The summed E-state index contributed by atoms with van der Waals surface area (Å²) in [6.07, 6.45) is 12.0. The number of benzene rings is 1. The first-order valence-electron chi connectivity index (χ1n) is 12.2. The Hall–Kier alpha value is -1.98. The lowest BCUT2D eigenvalue weighted by molar-refractivity contribution is 0.555. The van der Waals surface area contributed by atoms with Crippen LogP contribution in [0.3, 0.4) is 0 Å². The van der Waals surface area contributed by atoms with Gasteiger partial charge in [0.1, 0.15) is 9.79 Å². The molecule has 0 unspecified atom stereocenters. The van der Waals surface area contributed by atoms with Crippen LogP contribution in [-0.4, -0.2) is 29.9 Å². The summed E-state index contributed by atoms with van der Waals surface area (Å²) >= 11 is 0. The summed E-state index contributed by atoms with van der Waals surface area (Å²) in [6.45, 7) is 0.493. The van der Waals surface area contributed by atoms with Crippen molar-refractivity contribution in [2.24, 2.45) is 0 Å². The normalized spacial score (nSPS) is 11.7. The first-order valence-corrected chi connectivity index (χ1v) is 15.1. The lowest BCUT2D eigenvalue weighted by Crippen LogP contribution is -2.30. The Kier molecular flexibility index (Phi) is 15.4. The topological polar surface area (TPSA) is 140 Å². The standard InChI is InChI=1S/C24H38N4O4S2/c25-19-13-7-3-1-5-9-15-21-27-33(29,30)23-17-11-12-18-24(23)34(31,32)28-22-16-10-6-2-4-8-14-20-26/h11-12,17-18,27-28H,1-10,13-16,21-22H2. The summed E-state index contributed by atoms with van der Waals surface area (Å²) in [5.41, 5.74) is 0. The Balaban J connectivity index is 2.48. The maximum absolute atomic E-state index is 12.8. The van der Waals surface area contributed by atoms with Crippen molar-refractivity contribution >= 4 is 20.0 Å². The van der Waals surface area contributed by atoms with E-state index < -0.39 is 20.0 Å². The van der Waals surface area contributed by atoms with Crippen LogP contribution in [0, 0.1) is 22.7 Å². The number of hydrogen-bond donors (Lipinski definition) is 2. The van der Waals surface area contributed by atoms with Crippen LogP contribution in [0.15, 0.2) is 34.1 Å². The van der Waals surface area contributed by atoms with Gasteiger partial charge in [0, 0.05) is 25.9 Å². The van der Waals surface area contributed by atoms with E-state index in [1.54, 1.807) is 0 Å². The summed E-state index contributed by atoms with van der Waals surface area (Å²) in [7, 11) is -7.91. The van der Waals surface area contributed by atoms with Gasteiger partial charge in [0.15, 0.2) is 0 Å². The SMILES string of the molecule is N#CCCCCCCCCNS(=O)(=O)c1ccccc1S(=O)(=O)NCCCCCCCCC#N. The first-order chi connectivity index (χ1) is 16.3. The highest BCUT2D eigenvalue weighted by Crippen LogP contribution is 2.20. The van der Waals surface area contributed by atoms with Crippen LogP contribution in [0.1, 0.15) is 89.9 Å². The van der Waals surface area contributed by atoms with Crippen LogP contribution in [-0.2, 0) is 20.0 Å². The van der Waals surface area contributed by atoms with Crippen LogP contribution < -0.4 is 9.44 Å². The molecule has 190 valence electrons.